The number of rotatable bonds is 0. The van der Waals surface area contributed by atoms with Crippen LogP contribution in [-0.2, 0) is 0 Å². The number of hydrogen-bond acceptors (Lipinski definition) is 1. The molecule has 0 saturated heterocycles. The Kier molecular flexibility index (Phi) is 0.980. The van der Waals surface area contributed by atoms with Crippen LogP contribution >= 0.6 is 0 Å². The molecule has 1 aromatic carbocycles. The van der Waals surface area contributed by atoms with E-state index < -0.39 is 0 Å². The van der Waals surface area contributed by atoms with E-state index >= 15 is 0 Å². The monoisotopic (exact) mass is 159 g/mol. The van der Waals surface area contributed by atoms with Crippen LogP contribution in [-0.4, -0.2) is 6.54 Å². The lowest BCUT2D eigenvalue weighted by Gasteiger charge is -2.05. The van der Waals surface area contributed by atoms with Crippen molar-refractivity contribution in [1.82, 2.24) is 4.74 Å². The van der Waals surface area contributed by atoms with Crippen LogP contribution in [0.15, 0.2) is 24.3 Å². The molecule has 2 nitrogen and oxygen atoms in total. The van der Waals surface area contributed by atoms with Crippen LogP contribution in [0.4, 0.5) is 0 Å². The lowest BCUT2D eigenvalue weighted by Crippen LogP contribution is -2.40. The van der Waals surface area contributed by atoms with Crippen LogP contribution in [0.1, 0.15) is 6.42 Å². The minimum atomic E-state index is 0.567. The molecule has 1 aliphatic heterocycles. The molecule has 0 spiro atoms. The lowest BCUT2D eigenvalue weighted by molar-refractivity contribution is 0.661. The summed E-state index contributed by atoms with van der Waals surface area (Å²) in [7, 11) is 0. The summed E-state index contributed by atoms with van der Waals surface area (Å²) < 4.78 is 1.12. The second-order valence-corrected chi connectivity index (χ2v) is 3.50. The number of fused-ring (bicyclic) bond motifs is 2. The predicted octanol–water partition coefficient (Wildman–Crippen LogP) is -0.140. The van der Waals surface area contributed by atoms with Crippen molar-refractivity contribution in [2.75, 3.05) is 6.54 Å². The highest BCUT2D eigenvalue weighted by Gasteiger charge is 2.36. The van der Waals surface area contributed by atoms with Gasteiger partial charge in [-0.15, -0.1) is 0 Å². The first kappa shape index (κ1) is 6.23. The van der Waals surface area contributed by atoms with Crippen molar-refractivity contribution < 1.29 is 0 Å². The molecule has 1 saturated carbocycles. The van der Waals surface area contributed by atoms with Crippen molar-refractivity contribution >= 4 is 5.57 Å². The van der Waals surface area contributed by atoms with Crippen molar-refractivity contribution in [3.05, 3.63) is 40.0 Å². The smallest absolute Gasteiger partial charge is 0.218 e. The van der Waals surface area contributed by atoms with E-state index in [1.807, 2.05) is 18.2 Å². The number of para-hydroxylation sites is 1. The van der Waals surface area contributed by atoms with Gasteiger partial charge < -0.3 is 5.21 Å². The summed E-state index contributed by atoms with van der Waals surface area (Å²) in [5.74, 6) is 0.567. The van der Waals surface area contributed by atoms with E-state index in [2.05, 4.69) is 6.07 Å². The maximum atomic E-state index is 11.4. The van der Waals surface area contributed by atoms with Crippen molar-refractivity contribution in [1.29, 1.82) is 0 Å². The fourth-order valence-corrected chi connectivity index (χ4v) is 1.97. The average molecular weight is 159 g/mol. The molecule has 2 aliphatic rings. The average Bonchev–Trinajstić information content (AvgIpc) is 2.84. The molecule has 0 N–H and O–H groups in total. The Morgan fingerprint density at radius 3 is 3.08 bits per heavy atom. The Morgan fingerprint density at radius 1 is 1.33 bits per heavy atom. The van der Waals surface area contributed by atoms with E-state index in [0.717, 1.165) is 16.5 Å². The molecule has 60 valence electrons. The van der Waals surface area contributed by atoms with Crippen molar-refractivity contribution in [2.24, 2.45) is 5.92 Å². The number of nitrogens with zero attached hydrogens (tertiary/aromatic N) is 1. The molecular formula is C10H9NO. The highest BCUT2D eigenvalue weighted by Crippen LogP contribution is 2.38. The molecule has 0 aromatic heterocycles. The Bertz CT molecular complexity index is 432. The van der Waals surface area contributed by atoms with Gasteiger partial charge >= 0.3 is 0 Å². The van der Waals surface area contributed by atoms with E-state index in [1.165, 1.54) is 10.8 Å². The van der Waals surface area contributed by atoms with Gasteiger partial charge in [-0.25, -0.2) is 4.74 Å². The van der Waals surface area contributed by atoms with E-state index in [1.54, 1.807) is 0 Å². The van der Waals surface area contributed by atoms with Gasteiger partial charge in [0.15, 0.2) is 6.54 Å². The molecule has 1 fully saturated rings. The molecule has 1 aromatic rings. The molecule has 0 amide bonds. The van der Waals surface area contributed by atoms with Gasteiger partial charge in [0, 0.05) is 17.2 Å². The molecule has 1 aliphatic carbocycles. The zero-order valence-electron chi connectivity index (χ0n) is 6.66. The fraction of sp³-hybridized carbons (Fsp3) is 0.300. The standard InChI is InChI=1S/C10H9NO/c12-11-6-7-5-9(7)8-3-1-2-4-10(8)11/h1-4,7H,5-6H2. The fourth-order valence-electron chi connectivity index (χ4n) is 1.97. The summed E-state index contributed by atoms with van der Waals surface area (Å²) >= 11 is 0. The first-order valence-corrected chi connectivity index (χ1v) is 4.26. The molecule has 0 radical (unpaired) electrons. The van der Waals surface area contributed by atoms with Crippen LogP contribution < -0.4 is 15.3 Å². The molecular weight excluding hydrogens is 150 g/mol. The van der Waals surface area contributed by atoms with Gasteiger partial charge in [-0.05, 0) is 18.1 Å². The SMILES string of the molecule is [O-][N+]1=c2ccccc2=C2CC2C1. The van der Waals surface area contributed by atoms with Crippen molar-refractivity contribution in [3.8, 4) is 0 Å². The highest BCUT2D eigenvalue weighted by molar-refractivity contribution is 5.63. The van der Waals surface area contributed by atoms with Gasteiger partial charge in [0.05, 0.1) is 0 Å². The Labute approximate surface area is 70.0 Å². The first-order chi connectivity index (χ1) is 5.86. The van der Waals surface area contributed by atoms with Crippen LogP contribution in [0.2, 0.25) is 0 Å². The topological polar surface area (TPSA) is 26.1 Å². The number of hydrogen-bond donors (Lipinski definition) is 0. The molecule has 1 unspecified atom stereocenters. The van der Waals surface area contributed by atoms with Crippen LogP contribution in [0.3, 0.4) is 0 Å². The van der Waals surface area contributed by atoms with Gasteiger partial charge in [-0.2, -0.15) is 0 Å². The summed E-state index contributed by atoms with van der Waals surface area (Å²) in [6.45, 7) is 0.673. The van der Waals surface area contributed by atoms with E-state index in [9.17, 15) is 5.21 Å². The maximum absolute atomic E-state index is 11.4. The first-order valence-electron chi connectivity index (χ1n) is 4.26. The Morgan fingerprint density at radius 2 is 2.17 bits per heavy atom. The zero-order chi connectivity index (χ0) is 8.13. The van der Waals surface area contributed by atoms with Crippen molar-refractivity contribution in [2.45, 2.75) is 6.42 Å². The Hall–Kier alpha value is -1.31. The summed E-state index contributed by atoms with van der Waals surface area (Å²) in [6.07, 6.45) is 1.13. The second-order valence-electron chi connectivity index (χ2n) is 3.50. The van der Waals surface area contributed by atoms with Gasteiger partial charge in [-0.3, -0.25) is 0 Å². The summed E-state index contributed by atoms with van der Waals surface area (Å²) in [5, 5.41) is 13.5. The van der Waals surface area contributed by atoms with Gasteiger partial charge in [0.1, 0.15) is 0 Å². The molecule has 1 heterocycles. The van der Waals surface area contributed by atoms with Crippen LogP contribution in [0, 0.1) is 11.1 Å². The summed E-state index contributed by atoms with van der Waals surface area (Å²) in [4.78, 5) is 0. The van der Waals surface area contributed by atoms with Crippen molar-refractivity contribution in [3.63, 3.8) is 0 Å². The third kappa shape index (κ3) is 0.670. The van der Waals surface area contributed by atoms with Crippen LogP contribution in [0.25, 0.3) is 5.57 Å². The predicted molar refractivity (Wildman–Crippen MR) is 46.7 cm³/mol. The van der Waals surface area contributed by atoms with Crippen LogP contribution in [0.5, 0.6) is 0 Å². The summed E-state index contributed by atoms with van der Waals surface area (Å²) in [6, 6.07) is 7.88. The van der Waals surface area contributed by atoms with E-state index in [0.29, 0.717) is 12.5 Å². The molecule has 3 rings (SSSR count). The summed E-state index contributed by atoms with van der Waals surface area (Å²) in [5.41, 5.74) is 1.48. The third-order valence-corrected chi connectivity index (χ3v) is 2.70. The molecule has 1 atom stereocenters. The molecule has 12 heavy (non-hydrogen) atoms. The quantitative estimate of drug-likeness (QED) is 0.382. The number of benzene rings is 1. The lowest BCUT2D eigenvalue weighted by atomic mass is 10.2. The molecule has 0 bridgehead atoms. The Balaban J connectivity index is 2.54. The number of hydroxylamine groups is 1. The van der Waals surface area contributed by atoms with Gasteiger partial charge in [-0.1, -0.05) is 12.1 Å². The minimum absolute atomic E-state index is 0.567. The van der Waals surface area contributed by atoms with Gasteiger partial charge in [0.25, 0.3) is 0 Å². The molecule has 2 heteroatoms. The van der Waals surface area contributed by atoms with E-state index in [-0.39, 0.29) is 0 Å². The normalized spacial score (nSPS) is 24.8. The third-order valence-electron chi connectivity index (χ3n) is 2.70. The maximum Gasteiger partial charge on any atom is 0.218 e. The largest absolute Gasteiger partial charge is 0.623 e. The second kappa shape index (κ2) is 1.89. The van der Waals surface area contributed by atoms with Gasteiger partial charge in [0.2, 0.25) is 5.36 Å². The van der Waals surface area contributed by atoms with E-state index in [4.69, 9.17) is 0 Å². The minimum Gasteiger partial charge on any atom is -0.623 e. The highest BCUT2D eigenvalue weighted by atomic mass is 16.5. The zero-order valence-corrected chi connectivity index (χ0v) is 6.66.